The van der Waals surface area contributed by atoms with Crippen LogP contribution in [-0.2, 0) is 16.0 Å². The van der Waals surface area contributed by atoms with Crippen LogP contribution < -0.4 is 10.6 Å². The number of carboxylic acids is 1. The lowest BCUT2D eigenvalue weighted by Crippen LogP contribution is -2.27. The second-order valence-corrected chi connectivity index (χ2v) is 4.72. The molecule has 1 rings (SSSR count). The molecule has 0 fully saturated rings. The van der Waals surface area contributed by atoms with Gasteiger partial charge in [-0.3, -0.25) is 9.59 Å². The molecule has 0 spiro atoms. The number of amides is 1. The van der Waals surface area contributed by atoms with Crippen molar-refractivity contribution in [2.24, 2.45) is 0 Å². The third-order valence-electron chi connectivity index (χ3n) is 2.96. The summed E-state index contributed by atoms with van der Waals surface area (Å²) in [6, 6.07) is 8.14. The van der Waals surface area contributed by atoms with Crippen LogP contribution in [0.5, 0.6) is 0 Å². The Morgan fingerprint density at radius 2 is 2.04 bits per heavy atom. The molecular weight excluding hydrogens is 301 g/mol. The highest BCUT2D eigenvalue weighted by molar-refractivity contribution is 5.97. The number of hydrogen-bond acceptors (Lipinski definition) is 4. The Balaban J connectivity index is 2.37. The maximum atomic E-state index is 13.4. The average molecular weight is 319 g/mol. The van der Waals surface area contributed by atoms with Gasteiger partial charge in [0.2, 0.25) is 0 Å². The van der Waals surface area contributed by atoms with Gasteiger partial charge in [-0.2, -0.15) is 5.26 Å². The molecule has 1 aromatic carbocycles. The Hall–Kier alpha value is -2.88. The van der Waals surface area contributed by atoms with E-state index in [0.29, 0.717) is 24.9 Å². The quantitative estimate of drug-likeness (QED) is 0.362. The van der Waals surface area contributed by atoms with Gasteiger partial charge in [0.05, 0.1) is 0 Å². The molecule has 0 saturated carbocycles. The number of carboxylic acid groups (broad SMARTS) is 1. The SMILES string of the molecule is N#C/C(=C/NCCc1ccccc1F)C(=O)NCCCC(=O)O. The van der Waals surface area contributed by atoms with E-state index < -0.39 is 11.9 Å². The normalized spacial score (nSPS) is 10.7. The average Bonchev–Trinajstić information content (AvgIpc) is 2.53. The fraction of sp³-hybridized carbons (Fsp3) is 0.312. The maximum Gasteiger partial charge on any atom is 0.303 e. The monoisotopic (exact) mass is 319 g/mol. The van der Waals surface area contributed by atoms with Gasteiger partial charge in [-0.15, -0.1) is 0 Å². The number of hydrogen-bond donors (Lipinski definition) is 3. The minimum atomic E-state index is -0.940. The van der Waals surface area contributed by atoms with Gasteiger partial charge in [-0.25, -0.2) is 4.39 Å². The first kappa shape index (κ1) is 18.2. The number of nitrogens with one attached hydrogen (secondary N) is 2. The Morgan fingerprint density at radius 1 is 1.30 bits per heavy atom. The first-order chi connectivity index (χ1) is 11.0. The van der Waals surface area contributed by atoms with Crippen LogP contribution in [0.3, 0.4) is 0 Å². The topological polar surface area (TPSA) is 102 Å². The Labute approximate surface area is 133 Å². The second kappa shape index (κ2) is 9.95. The minimum absolute atomic E-state index is 0.0488. The summed E-state index contributed by atoms with van der Waals surface area (Å²) in [6.45, 7) is 0.553. The largest absolute Gasteiger partial charge is 0.481 e. The molecule has 122 valence electrons. The third kappa shape index (κ3) is 7.09. The molecule has 0 bridgehead atoms. The van der Waals surface area contributed by atoms with Gasteiger partial charge in [0.1, 0.15) is 17.5 Å². The van der Waals surface area contributed by atoms with E-state index in [1.54, 1.807) is 24.3 Å². The number of nitrogens with zero attached hydrogens (tertiary/aromatic N) is 1. The molecule has 1 aromatic rings. The molecule has 0 aliphatic rings. The van der Waals surface area contributed by atoms with E-state index in [2.05, 4.69) is 10.6 Å². The molecule has 0 unspecified atom stereocenters. The highest BCUT2D eigenvalue weighted by Gasteiger charge is 2.08. The number of halogens is 1. The van der Waals surface area contributed by atoms with Crippen molar-refractivity contribution >= 4 is 11.9 Å². The number of rotatable bonds is 9. The summed E-state index contributed by atoms with van der Waals surface area (Å²) in [4.78, 5) is 22.0. The molecule has 7 heteroatoms. The molecule has 0 aliphatic heterocycles. The molecule has 0 saturated heterocycles. The van der Waals surface area contributed by atoms with Gasteiger partial charge in [0.15, 0.2) is 0 Å². The van der Waals surface area contributed by atoms with Crippen molar-refractivity contribution in [2.75, 3.05) is 13.1 Å². The molecule has 0 atom stereocenters. The fourth-order valence-corrected chi connectivity index (χ4v) is 1.77. The molecule has 0 radical (unpaired) electrons. The Bertz CT molecular complexity index is 623. The molecule has 1 amide bonds. The van der Waals surface area contributed by atoms with E-state index in [1.165, 1.54) is 12.3 Å². The zero-order valence-corrected chi connectivity index (χ0v) is 12.5. The van der Waals surface area contributed by atoms with Gasteiger partial charge >= 0.3 is 5.97 Å². The van der Waals surface area contributed by atoms with Crippen molar-refractivity contribution in [3.8, 4) is 6.07 Å². The predicted molar refractivity (Wildman–Crippen MR) is 81.7 cm³/mol. The Morgan fingerprint density at radius 3 is 2.70 bits per heavy atom. The van der Waals surface area contributed by atoms with E-state index in [-0.39, 0.29) is 24.4 Å². The van der Waals surface area contributed by atoms with Crippen LogP contribution >= 0.6 is 0 Å². The lowest BCUT2D eigenvalue weighted by Gasteiger charge is -2.05. The van der Waals surface area contributed by atoms with Crippen LogP contribution in [0.1, 0.15) is 18.4 Å². The summed E-state index contributed by atoms with van der Waals surface area (Å²) in [5, 5.41) is 22.7. The van der Waals surface area contributed by atoms with Gasteiger partial charge in [0.25, 0.3) is 5.91 Å². The summed E-state index contributed by atoms with van der Waals surface area (Å²) in [5.41, 5.74) is 0.430. The molecule has 6 nitrogen and oxygen atoms in total. The van der Waals surface area contributed by atoms with Crippen LogP contribution in [-0.4, -0.2) is 30.1 Å². The number of carbonyl (C=O) groups is 2. The molecule has 23 heavy (non-hydrogen) atoms. The molecule has 0 aliphatic carbocycles. The number of benzene rings is 1. The highest BCUT2D eigenvalue weighted by atomic mass is 19.1. The molecule has 0 heterocycles. The van der Waals surface area contributed by atoms with Crippen molar-refractivity contribution in [1.29, 1.82) is 5.26 Å². The lowest BCUT2D eigenvalue weighted by molar-refractivity contribution is -0.137. The van der Waals surface area contributed by atoms with E-state index in [9.17, 15) is 14.0 Å². The second-order valence-electron chi connectivity index (χ2n) is 4.72. The van der Waals surface area contributed by atoms with Crippen LogP contribution in [0.4, 0.5) is 4.39 Å². The smallest absolute Gasteiger partial charge is 0.303 e. The van der Waals surface area contributed by atoms with E-state index in [4.69, 9.17) is 10.4 Å². The van der Waals surface area contributed by atoms with E-state index >= 15 is 0 Å². The van der Waals surface area contributed by atoms with Crippen LogP contribution in [0, 0.1) is 17.1 Å². The van der Waals surface area contributed by atoms with Gasteiger partial charge in [-0.1, -0.05) is 18.2 Å². The van der Waals surface area contributed by atoms with Crippen molar-refractivity contribution < 1.29 is 19.1 Å². The Kier molecular flexibility index (Phi) is 7.86. The fourth-order valence-electron chi connectivity index (χ4n) is 1.77. The van der Waals surface area contributed by atoms with Gasteiger partial charge in [-0.05, 0) is 24.5 Å². The number of aliphatic carboxylic acids is 1. The first-order valence-corrected chi connectivity index (χ1v) is 7.11. The summed E-state index contributed by atoms with van der Waals surface area (Å²) < 4.78 is 13.4. The number of carbonyl (C=O) groups excluding carboxylic acids is 1. The minimum Gasteiger partial charge on any atom is -0.481 e. The molecular formula is C16H18FN3O3. The lowest BCUT2D eigenvalue weighted by atomic mass is 10.1. The van der Waals surface area contributed by atoms with Crippen LogP contribution in [0.25, 0.3) is 0 Å². The van der Waals surface area contributed by atoms with Crippen molar-refractivity contribution in [3.05, 3.63) is 47.4 Å². The van der Waals surface area contributed by atoms with Crippen molar-refractivity contribution in [2.45, 2.75) is 19.3 Å². The third-order valence-corrected chi connectivity index (χ3v) is 2.96. The predicted octanol–water partition coefficient (Wildman–Crippen LogP) is 1.35. The highest BCUT2D eigenvalue weighted by Crippen LogP contribution is 2.06. The zero-order valence-electron chi connectivity index (χ0n) is 12.5. The maximum absolute atomic E-state index is 13.4. The van der Waals surface area contributed by atoms with Gasteiger partial charge in [0, 0.05) is 25.7 Å². The van der Waals surface area contributed by atoms with Crippen LogP contribution in [0.2, 0.25) is 0 Å². The summed E-state index contributed by atoms with van der Waals surface area (Å²) in [5.74, 6) is -1.81. The zero-order chi connectivity index (χ0) is 17.1. The van der Waals surface area contributed by atoms with E-state index in [0.717, 1.165) is 0 Å². The number of nitriles is 1. The summed E-state index contributed by atoms with van der Waals surface area (Å²) in [7, 11) is 0. The first-order valence-electron chi connectivity index (χ1n) is 7.11. The van der Waals surface area contributed by atoms with Crippen LogP contribution in [0.15, 0.2) is 36.0 Å². The van der Waals surface area contributed by atoms with E-state index in [1.807, 2.05) is 0 Å². The van der Waals surface area contributed by atoms with Crippen molar-refractivity contribution in [3.63, 3.8) is 0 Å². The summed E-state index contributed by atoms with van der Waals surface area (Å²) >= 11 is 0. The molecule has 3 N–H and O–H groups in total. The standard InChI is InChI=1S/C16H18FN3O3/c17-14-5-2-1-4-12(14)7-9-19-11-13(10-18)16(23)20-8-3-6-15(21)22/h1-2,4-5,11,19H,3,6-9H2,(H,20,23)(H,21,22)/b13-11-. The van der Waals surface area contributed by atoms with Gasteiger partial charge < -0.3 is 15.7 Å². The summed E-state index contributed by atoms with van der Waals surface area (Å²) in [6.07, 6.45) is 1.93. The van der Waals surface area contributed by atoms with Crippen molar-refractivity contribution in [1.82, 2.24) is 10.6 Å². The molecule has 0 aromatic heterocycles.